The van der Waals surface area contributed by atoms with E-state index in [9.17, 15) is 4.79 Å². The van der Waals surface area contributed by atoms with E-state index < -0.39 is 5.97 Å². The molecule has 1 aromatic carbocycles. The van der Waals surface area contributed by atoms with Crippen LogP contribution in [0.1, 0.15) is 21.9 Å². The van der Waals surface area contributed by atoms with Gasteiger partial charge in [0.05, 0.1) is 6.26 Å². The van der Waals surface area contributed by atoms with Crippen LogP contribution in [0, 0.1) is 0 Å². The summed E-state index contributed by atoms with van der Waals surface area (Å²) in [6.07, 6.45) is 2.51. The van der Waals surface area contributed by atoms with Crippen LogP contribution in [0.3, 0.4) is 0 Å². The predicted molar refractivity (Wildman–Crippen MR) is 77.3 cm³/mol. The maximum Gasteiger partial charge on any atom is 0.371 e. The van der Waals surface area contributed by atoms with Crippen molar-refractivity contribution >= 4 is 16.9 Å². The van der Waals surface area contributed by atoms with Gasteiger partial charge in [0.1, 0.15) is 11.3 Å². The van der Waals surface area contributed by atoms with Gasteiger partial charge in [0.25, 0.3) is 0 Å². The van der Waals surface area contributed by atoms with Crippen LogP contribution >= 0.6 is 0 Å². The molecule has 0 unspecified atom stereocenters. The second-order valence-electron chi connectivity index (χ2n) is 4.79. The van der Waals surface area contributed by atoms with Crippen molar-refractivity contribution in [3.63, 3.8) is 0 Å². The minimum absolute atomic E-state index is 0.0343. The Kier molecular flexibility index (Phi) is 3.75. The van der Waals surface area contributed by atoms with Crippen LogP contribution in [0.4, 0.5) is 0 Å². The Balaban J connectivity index is 1.60. The first kappa shape index (κ1) is 13.5. The molecule has 2 N–H and O–H groups in total. The molecule has 2 heterocycles. The molecule has 0 fully saturated rings. The summed E-state index contributed by atoms with van der Waals surface area (Å²) in [4.78, 5) is 10.9. The minimum atomic E-state index is -1.05. The standard InChI is InChI=1S/C16H15NO4/c18-16(19)15-9-12-8-11(3-4-14(12)21-15)10-17-6-5-13-2-1-7-20-13/h1-4,7-9,17H,5-6,10H2,(H,18,19). The van der Waals surface area contributed by atoms with Crippen molar-refractivity contribution < 1.29 is 18.7 Å². The molecule has 3 aromatic rings. The molecule has 0 bridgehead atoms. The third-order valence-corrected chi connectivity index (χ3v) is 3.25. The quantitative estimate of drug-likeness (QED) is 0.681. The second kappa shape index (κ2) is 5.85. The molecule has 5 heteroatoms. The van der Waals surface area contributed by atoms with Gasteiger partial charge >= 0.3 is 5.97 Å². The molecule has 21 heavy (non-hydrogen) atoms. The Hall–Kier alpha value is -2.53. The monoisotopic (exact) mass is 285 g/mol. The van der Waals surface area contributed by atoms with E-state index in [1.165, 1.54) is 0 Å². The average Bonchev–Trinajstić information content (AvgIpc) is 3.12. The molecule has 0 saturated carbocycles. The van der Waals surface area contributed by atoms with Crippen LogP contribution in [0.25, 0.3) is 11.0 Å². The first-order chi connectivity index (χ1) is 10.2. The summed E-state index contributed by atoms with van der Waals surface area (Å²) in [6.45, 7) is 1.53. The highest BCUT2D eigenvalue weighted by Gasteiger charge is 2.10. The van der Waals surface area contributed by atoms with Crippen molar-refractivity contribution in [3.8, 4) is 0 Å². The van der Waals surface area contributed by atoms with Gasteiger partial charge in [-0.3, -0.25) is 0 Å². The molecule has 0 atom stereocenters. The predicted octanol–water partition coefficient (Wildman–Crippen LogP) is 3.06. The van der Waals surface area contributed by atoms with Gasteiger partial charge in [-0.1, -0.05) is 6.07 Å². The van der Waals surface area contributed by atoms with Crippen molar-refractivity contribution in [2.75, 3.05) is 6.54 Å². The molecule has 0 saturated heterocycles. The number of hydrogen-bond donors (Lipinski definition) is 2. The van der Waals surface area contributed by atoms with Gasteiger partial charge in [-0.15, -0.1) is 0 Å². The van der Waals surface area contributed by atoms with Gasteiger partial charge in [0.15, 0.2) is 0 Å². The molecule has 2 aromatic heterocycles. The van der Waals surface area contributed by atoms with E-state index in [-0.39, 0.29) is 5.76 Å². The highest BCUT2D eigenvalue weighted by molar-refractivity contribution is 5.91. The second-order valence-corrected chi connectivity index (χ2v) is 4.79. The van der Waals surface area contributed by atoms with E-state index in [1.807, 2.05) is 24.3 Å². The van der Waals surface area contributed by atoms with Crippen LogP contribution in [0.2, 0.25) is 0 Å². The minimum Gasteiger partial charge on any atom is -0.475 e. The fraction of sp³-hybridized carbons (Fsp3) is 0.188. The zero-order valence-corrected chi connectivity index (χ0v) is 11.3. The lowest BCUT2D eigenvalue weighted by molar-refractivity contribution is 0.0665. The Morgan fingerprint density at radius 3 is 2.90 bits per heavy atom. The van der Waals surface area contributed by atoms with Crippen molar-refractivity contribution in [1.82, 2.24) is 5.32 Å². The van der Waals surface area contributed by atoms with Crippen LogP contribution in [-0.2, 0) is 13.0 Å². The maximum atomic E-state index is 10.9. The van der Waals surface area contributed by atoms with Crippen LogP contribution < -0.4 is 5.32 Å². The molecule has 0 spiro atoms. The van der Waals surface area contributed by atoms with Crippen molar-refractivity contribution in [2.24, 2.45) is 0 Å². The van der Waals surface area contributed by atoms with Gasteiger partial charge < -0.3 is 19.3 Å². The van der Waals surface area contributed by atoms with Gasteiger partial charge in [-0.05, 0) is 35.9 Å². The van der Waals surface area contributed by atoms with E-state index >= 15 is 0 Å². The number of nitrogens with one attached hydrogen (secondary N) is 1. The van der Waals surface area contributed by atoms with Crippen LogP contribution in [-0.4, -0.2) is 17.6 Å². The molecule has 0 aliphatic rings. The number of aromatic carboxylic acids is 1. The fourth-order valence-electron chi connectivity index (χ4n) is 2.21. The topological polar surface area (TPSA) is 75.6 Å². The lowest BCUT2D eigenvalue weighted by Crippen LogP contribution is -2.16. The normalized spacial score (nSPS) is 11.0. The number of hydrogen-bond acceptors (Lipinski definition) is 4. The Labute approximate surface area is 121 Å². The van der Waals surface area contributed by atoms with Crippen molar-refractivity contribution in [2.45, 2.75) is 13.0 Å². The summed E-state index contributed by atoms with van der Waals surface area (Å²) in [5.74, 6) is -0.129. The smallest absolute Gasteiger partial charge is 0.371 e. The van der Waals surface area contributed by atoms with Gasteiger partial charge in [0, 0.05) is 24.9 Å². The van der Waals surface area contributed by atoms with E-state index in [0.717, 1.165) is 29.7 Å². The first-order valence-electron chi connectivity index (χ1n) is 6.71. The highest BCUT2D eigenvalue weighted by Crippen LogP contribution is 2.20. The SMILES string of the molecule is O=C(O)c1cc2cc(CNCCc3ccco3)ccc2o1. The number of rotatable bonds is 6. The van der Waals surface area contributed by atoms with Gasteiger partial charge in [0.2, 0.25) is 5.76 Å². The molecule has 3 rings (SSSR count). The van der Waals surface area contributed by atoms with E-state index in [4.69, 9.17) is 13.9 Å². The van der Waals surface area contributed by atoms with Crippen molar-refractivity contribution in [3.05, 3.63) is 59.7 Å². The highest BCUT2D eigenvalue weighted by atomic mass is 16.4. The maximum absolute atomic E-state index is 10.9. The number of furan rings is 2. The summed E-state index contributed by atoms with van der Waals surface area (Å²) in [7, 11) is 0. The molecular formula is C16H15NO4. The Morgan fingerprint density at radius 2 is 2.14 bits per heavy atom. The summed E-state index contributed by atoms with van der Waals surface area (Å²) in [5.41, 5.74) is 1.67. The average molecular weight is 285 g/mol. The lowest BCUT2D eigenvalue weighted by atomic mass is 10.1. The summed E-state index contributed by atoms with van der Waals surface area (Å²) in [5, 5.41) is 13.0. The molecule has 0 aliphatic heterocycles. The molecule has 0 aliphatic carbocycles. The number of carboxylic acid groups (broad SMARTS) is 1. The molecule has 0 amide bonds. The van der Waals surface area contributed by atoms with Gasteiger partial charge in [-0.2, -0.15) is 0 Å². The Bertz CT molecular complexity index is 743. The van der Waals surface area contributed by atoms with Crippen LogP contribution in [0.5, 0.6) is 0 Å². The van der Waals surface area contributed by atoms with E-state index in [0.29, 0.717) is 12.1 Å². The van der Waals surface area contributed by atoms with Crippen molar-refractivity contribution in [1.29, 1.82) is 0 Å². The zero-order chi connectivity index (χ0) is 14.7. The fourth-order valence-corrected chi connectivity index (χ4v) is 2.21. The third kappa shape index (κ3) is 3.14. The zero-order valence-electron chi connectivity index (χ0n) is 11.3. The summed E-state index contributed by atoms with van der Waals surface area (Å²) in [6, 6.07) is 11.0. The number of carboxylic acids is 1. The number of fused-ring (bicyclic) bond motifs is 1. The number of benzene rings is 1. The first-order valence-corrected chi connectivity index (χ1v) is 6.71. The van der Waals surface area contributed by atoms with E-state index in [1.54, 1.807) is 18.4 Å². The van der Waals surface area contributed by atoms with Crippen LogP contribution in [0.15, 0.2) is 51.5 Å². The molecule has 5 nitrogen and oxygen atoms in total. The van der Waals surface area contributed by atoms with E-state index in [2.05, 4.69) is 5.32 Å². The lowest BCUT2D eigenvalue weighted by Gasteiger charge is -2.03. The van der Waals surface area contributed by atoms with Gasteiger partial charge in [-0.25, -0.2) is 4.79 Å². The Morgan fingerprint density at radius 1 is 1.24 bits per heavy atom. The summed E-state index contributed by atoms with van der Waals surface area (Å²) >= 11 is 0. The third-order valence-electron chi connectivity index (χ3n) is 3.25. The molecule has 0 radical (unpaired) electrons. The molecule has 108 valence electrons. The largest absolute Gasteiger partial charge is 0.475 e. The summed E-state index contributed by atoms with van der Waals surface area (Å²) < 4.78 is 10.5. The number of carbonyl (C=O) groups is 1. The molecular weight excluding hydrogens is 270 g/mol.